The first kappa shape index (κ1) is 11.3. The lowest BCUT2D eigenvalue weighted by atomic mass is 10.2. The first-order valence-corrected chi connectivity index (χ1v) is 2.89. The fourth-order valence-corrected chi connectivity index (χ4v) is 0. The summed E-state index contributed by atoms with van der Waals surface area (Å²) in [5.74, 6) is -0.972. The lowest BCUT2D eigenvalue weighted by Crippen LogP contribution is -2.03. The molecule has 0 rings (SSSR count). The van der Waals surface area contributed by atoms with Crippen LogP contribution in [0.3, 0.4) is 0 Å². The van der Waals surface area contributed by atoms with Gasteiger partial charge in [-0.1, -0.05) is 13.8 Å². The number of aliphatic hydroxyl groups is 1. The van der Waals surface area contributed by atoms with Crippen molar-refractivity contribution < 1.29 is 15.0 Å². The van der Waals surface area contributed by atoms with E-state index in [1.54, 1.807) is 20.8 Å². The maximum atomic E-state index is 9.70. The Bertz CT molecular complexity index is 68.7. The van der Waals surface area contributed by atoms with E-state index < -0.39 is 5.97 Å². The summed E-state index contributed by atoms with van der Waals surface area (Å²) in [5, 5.41) is 15.6. The van der Waals surface area contributed by atoms with Gasteiger partial charge in [0.15, 0.2) is 0 Å². The molecule has 56 valence electrons. The minimum atomic E-state index is -0.741. The number of carbonyl (C=O) groups is 1. The highest BCUT2D eigenvalue weighted by Gasteiger charge is 1.99. The molecule has 0 aliphatic heterocycles. The van der Waals surface area contributed by atoms with Crippen molar-refractivity contribution in [1.29, 1.82) is 0 Å². The second-order valence-corrected chi connectivity index (χ2v) is 1.81. The maximum absolute atomic E-state index is 9.70. The molecule has 0 heterocycles. The molecule has 0 amide bonds. The SMILES string of the molecule is CC(C)C(=O)O.CCO. The Labute approximate surface area is 55.3 Å². The predicted molar refractivity (Wildman–Crippen MR) is 35.2 cm³/mol. The van der Waals surface area contributed by atoms with E-state index in [0.29, 0.717) is 0 Å². The average Bonchev–Trinajstić information content (AvgIpc) is 1.68. The Balaban J connectivity index is 0. The van der Waals surface area contributed by atoms with Crippen LogP contribution < -0.4 is 0 Å². The van der Waals surface area contributed by atoms with E-state index in [4.69, 9.17) is 10.2 Å². The topological polar surface area (TPSA) is 57.5 Å². The summed E-state index contributed by atoms with van der Waals surface area (Å²) in [5.41, 5.74) is 0. The second-order valence-electron chi connectivity index (χ2n) is 1.81. The average molecular weight is 134 g/mol. The van der Waals surface area contributed by atoms with E-state index in [0.717, 1.165) is 0 Å². The van der Waals surface area contributed by atoms with Crippen LogP contribution in [0.15, 0.2) is 0 Å². The molecule has 3 heteroatoms. The van der Waals surface area contributed by atoms with E-state index in [1.165, 1.54) is 0 Å². The van der Waals surface area contributed by atoms with Gasteiger partial charge in [0, 0.05) is 6.61 Å². The van der Waals surface area contributed by atoms with E-state index in [2.05, 4.69) is 0 Å². The van der Waals surface area contributed by atoms with Gasteiger partial charge in [-0.25, -0.2) is 0 Å². The van der Waals surface area contributed by atoms with E-state index in [9.17, 15) is 4.79 Å². The molecule has 0 fully saturated rings. The molecule has 0 unspecified atom stereocenters. The van der Waals surface area contributed by atoms with Gasteiger partial charge in [0.05, 0.1) is 5.92 Å². The summed E-state index contributed by atoms with van der Waals surface area (Å²) in [6.07, 6.45) is 0. The highest BCUT2D eigenvalue weighted by atomic mass is 16.4. The fourth-order valence-electron chi connectivity index (χ4n) is 0. The van der Waals surface area contributed by atoms with Gasteiger partial charge in [0.25, 0.3) is 0 Å². The smallest absolute Gasteiger partial charge is 0.305 e. The summed E-state index contributed by atoms with van der Waals surface area (Å²) in [4.78, 5) is 9.70. The summed E-state index contributed by atoms with van der Waals surface area (Å²) < 4.78 is 0. The summed E-state index contributed by atoms with van der Waals surface area (Å²) >= 11 is 0. The molecule has 0 aliphatic carbocycles. The minimum absolute atomic E-state index is 0.231. The van der Waals surface area contributed by atoms with Crippen LogP contribution in [-0.2, 0) is 4.79 Å². The molecule has 0 radical (unpaired) electrons. The quantitative estimate of drug-likeness (QED) is 0.555. The number of aliphatic carboxylic acids is 1. The summed E-state index contributed by atoms with van der Waals surface area (Å²) in [6, 6.07) is 0. The molecule has 0 aromatic carbocycles. The van der Waals surface area contributed by atoms with Crippen LogP contribution in [0, 0.1) is 5.92 Å². The Morgan fingerprint density at radius 1 is 1.56 bits per heavy atom. The first-order chi connectivity index (χ1) is 4.06. The van der Waals surface area contributed by atoms with Gasteiger partial charge in [-0.2, -0.15) is 0 Å². The van der Waals surface area contributed by atoms with Crippen LogP contribution in [-0.4, -0.2) is 22.8 Å². The first-order valence-electron chi connectivity index (χ1n) is 2.89. The molecular formula is C6H14O3. The number of carboxylic acids is 1. The molecule has 0 aromatic rings. The van der Waals surface area contributed by atoms with Crippen LogP contribution in [0.4, 0.5) is 0 Å². The van der Waals surface area contributed by atoms with Gasteiger partial charge in [-0.15, -0.1) is 0 Å². The van der Waals surface area contributed by atoms with Crippen molar-refractivity contribution in [3.63, 3.8) is 0 Å². The molecule has 2 N–H and O–H groups in total. The van der Waals surface area contributed by atoms with E-state index in [-0.39, 0.29) is 12.5 Å². The molecule has 0 aromatic heterocycles. The molecule has 9 heavy (non-hydrogen) atoms. The van der Waals surface area contributed by atoms with Crippen molar-refractivity contribution in [3.8, 4) is 0 Å². The van der Waals surface area contributed by atoms with Crippen molar-refractivity contribution in [2.45, 2.75) is 20.8 Å². The Kier molecular flexibility index (Phi) is 9.29. The zero-order valence-electron chi connectivity index (χ0n) is 6.09. The van der Waals surface area contributed by atoms with Crippen LogP contribution >= 0.6 is 0 Å². The summed E-state index contributed by atoms with van der Waals surface area (Å²) in [7, 11) is 0. The number of hydrogen-bond donors (Lipinski definition) is 2. The highest BCUT2D eigenvalue weighted by molar-refractivity contribution is 5.68. The third-order valence-corrected chi connectivity index (χ3v) is 0.494. The van der Waals surface area contributed by atoms with E-state index in [1.807, 2.05) is 0 Å². The Morgan fingerprint density at radius 3 is 1.67 bits per heavy atom. The zero-order valence-corrected chi connectivity index (χ0v) is 6.09. The van der Waals surface area contributed by atoms with Gasteiger partial charge in [-0.3, -0.25) is 4.79 Å². The molecular weight excluding hydrogens is 120 g/mol. The lowest BCUT2D eigenvalue weighted by molar-refractivity contribution is -0.140. The lowest BCUT2D eigenvalue weighted by Gasteiger charge is -1.89. The number of hydrogen-bond acceptors (Lipinski definition) is 2. The summed E-state index contributed by atoms with van der Waals surface area (Å²) in [6.45, 7) is 5.21. The predicted octanol–water partition coefficient (Wildman–Crippen LogP) is 0.726. The Morgan fingerprint density at radius 2 is 1.67 bits per heavy atom. The van der Waals surface area contributed by atoms with Crippen molar-refractivity contribution in [2.24, 2.45) is 5.92 Å². The van der Waals surface area contributed by atoms with Crippen LogP contribution in [0.5, 0.6) is 0 Å². The second kappa shape index (κ2) is 7.43. The van der Waals surface area contributed by atoms with Gasteiger partial charge in [0.2, 0.25) is 0 Å². The molecule has 0 bridgehead atoms. The number of rotatable bonds is 1. The third kappa shape index (κ3) is 18.6. The largest absolute Gasteiger partial charge is 0.481 e. The third-order valence-electron chi connectivity index (χ3n) is 0.494. The highest BCUT2D eigenvalue weighted by Crippen LogP contribution is 1.87. The van der Waals surface area contributed by atoms with Gasteiger partial charge >= 0.3 is 5.97 Å². The zero-order chi connectivity index (χ0) is 7.86. The monoisotopic (exact) mass is 134 g/mol. The van der Waals surface area contributed by atoms with Crippen molar-refractivity contribution in [3.05, 3.63) is 0 Å². The number of carboxylic acid groups (broad SMARTS) is 1. The van der Waals surface area contributed by atoms with Gasteiger partial charge in [0.1, 0.15) is 0 Å². The van der Waals surface area contributed by atoms with Gasteiger partial charge in [-0.05, 0) is 6.92 Å². The van der Waals surface area contributed by atoms with Crippen molar-refractivity contribution in [2.75, 3.05) is 6.61 Å². The van der Waals surface area contributed by atoms with Crippen LogP contribution in [0.2, 0.25) is 0 Å². The molecule has 0 spiro atoms. The van der Waals surface area contributed by atoms with Crippen molar-refractivity contribution in [1.82, 2.24) is 0 Å². The normalized spacial score (nSPS) is 8.11. The molecule has 0 saturated heterocycles. The standard InChI is InChI=1S/C4H8O2.C2H6O/c1-3(2)4(5)6;1-2-3/h3H,1-2H3,(H,5,6);3H,2H2,1H3. The van der Waals surface area contributed by atoms with Crippen LogP contribution in [0.25, 0.3) is 0 Å². The minimum Gasteiger partial charge on any atom is -0.481 e. The number of aliphatic hydroxyl groups excluding tert-OH is 1. The molecule has 0 aliphatic rings. The van der Waals surface area contributed by atoms with Crippen molar-refractivity contribution >= 4 is 5.97 Å². The fraction of sp³-hybridized carbons (Fsp3) is 0.833. The van der Waals surface area contributed by atoms with Crippen LogP contribution in [0.1, 0.15) is 20.8 Å². The Hall–Kier alpha value is -0.570. The maximum Gasteiger partial charge on any atom is 0.305 e. The molecule has 0 saturated carbocycles. The van der Waals surface area contributed by atoms with E-state index >= 15 is 0 Å². The molecule has 3 nitrogen and oxygen atoms in total. The molecule has 0 atom stereocenters. The van der Waals surface area contributed by atoms with Gasteiger partial charge < -0.3 is 10.2 Å².